The van der Waals surface area contributed by atoms with Crippen LogP contribution in [0.25, 0.3) is 0 Å². The fourth-order valence-electron chi connectivity index (χ4n) is 4.03. The van der Waals surface area contributed by atoms with Gasteiger partial charge in [0.25, 0.3) is 5.91 Å². The lowest BCUT2D eigenvalue weighted by Crippen LogP contribution is -2.44. The summed E-state index contributed by atoms with van der Waals surface area (Å²) in [4.78, 5) is 24.9. The third-order valence-electron chi connectivity index (χ3n) is 5.17. The van der Waals surface area contributed by atoms with Gasteiger partial charge in [-0.1, -0.05) is 23.7 Å². The van der Waals surface area contributed by atoms with E-state index in [9.17, 15) is 14.0 Å². The molecule has 0 saturated heterocycles. The van der Waals surface area contributed by atoms with E-state index in [0.29, 0.717) is 40.3 Å². The molecule has 1 aliphatic carbocycles. The van der Waals surface area contributed by atoms with Gasteiger partial charge in [0, 0.05) is 16.3 Å². The van der Waals surface area contributed by atoms with E-state index in [4.69, 9.17) is 16.3 Å². The predicted molar refractivity (Wildman–Crippen MR) is 94.4 cm³/mol. The molecule has 0 fully saturated rings. The maximum absolute atomic E-state index is 13.5. The first-order chi connectivity index (χ1) is 12.5. The largest absolute Gasteiger partial charge is 0.466 e. The molecule has 0 bridgehead atoms. The molecule has 0 radical (unpaired) electrons. The normalized spacial score (nSPS) is 21.1. The average molecular weight is 372 g/mol. The van der Waals surface area contributed by atoms with Gasteiger partial charge in [0.1, 0.15) is 5.82 Å². The number of hydrogen-bond acceptors (Lipinski definition) is 3. The standard InChI is InChI=1S/C20H15ClFNO3/c1-26-19(25)15-8-9-20(11-2-5-13(22)6-3-11)16-10-12(21)4-7-14(16)18(24)23-17(15)20/h2-7,10H,8-9H2,1H3,(H,23,24). The number of esters is 1. The Morgan fingerprint density at radius 1 is 1.23 bits per heavy atom. The second kappa shape index (κ2) is 5.95. The molecule has 0 saturated carbocycles. The van der Waals surface area contributed by atoms with Gasteiger partial charge in [-0.25, -0.2) is 9.18 Å². The third-order valence-corrected chi connectivity index (χ3v) is 5.41. The Labute approximate surface area is 154 Å². The summed E-state index contributed by atoms with van der Waals surface area (Å²) in [6, 6.07) is 11.2. The minimum absolute atomic E-state index is 0.298. The van der Waals surface area contributed by atoms with E-state index in [2.05, 4.69) is 5.32 Å². The SMILES string of the molecule is COC(=O)C1=C2NC(=O)c3ccc(Cl)cc3C2(c2ccc(F)cc2)CC1. The number of benzene rings is 2. The summed E-state index contributed by atoms with van der Waals surface area (Å²) in [6.45, 7) is 0. The van der Waals surface area contributed by atoms with Gasteiger partial charge in [-0.2, -0.15) is 0 Å². The molecule has 6 heteroatoms. The van der Waals surface area contributed by atoms with Crippen LogP contribution in [0.1, 0.15) is 34.3 Å². The van der Waals surface area contributed by atoms with Crippen LogP contribution in [-0.4, -0.2) is 19.0 Å². The van der Waals surface area contributed by atoms with Crippen LogP contribution in [-0.2, 0) is 14.9 Å². The highest BCUT2D eigenvalue weighted by Gasteiger charge is 2.50. The van der Waals surface area contributed by atoms with Gasteiger partial charge in [-0.15, -0.1) is 0 Å². The van der Waals surface area contributed by atoms with Crippen LogP contribution in [0.4, 0.5) is 4.39 Å². The van der Waals surface area contributed by atoms with Crippen LogP contribution >= 0.6 is 11.6 Å². The average Bonchev–Trinajstić information content (AvgIpc) is 3.02. The van der Waals surface area contributed by atoms with Crippen LogP contribution in [0.15, 0.2) is 53.7 Å². The van der Waals surface area contributed by atoms with Crippen molar-refractivity contribution >= 4 is 23.5 Å². The van der Waals surface area contributed by atoms with Gasteiger partial charge in [0.15, 0.2) is 0 Å². The molecule has 0 aromatic heterocycles. The number of fused-ring (bicyclic) bond motifs is 3. The Balaban J connectivity index is 2.06. The molecule has 1 atom stereocenters. The number of allylic oxidation sites excluding steroid dienone is 1. The number of carbonyl (C=O) groups is 2. The van der Waals surface area contributed by atoms with Crippen LogP contribution < -0.4 is 5.32 Å². The van der Waals surface area contributed by atoms with Crippen molar-refractivity contribution in [1.82, 2.24) is 5.32 Å². The first-order valence-electron chi connectivity index (χ1n) is 8.17. The number of methoxy groups -OCH3 is 1. The second-order valence-corrected chi connectivity index (χ2v) is 6.84. The molecule has 4 rings (SSSR count). The topological polar surface area (TPSA) is 55.4 Å². The van der Waals surface area contributed by atoms with Crippen molar-refractivity contribution in [3.8, 4) is 0 Å². The maximum atomic E-state index is 13.5. The van der Waals surface area contributed by atoms with E-state index >= 15 is 0 Å². The number of nitrogens with one attached hydrogen (secondary N) is 1. The number of hydrogen-bond donors (Lipinski definition) is 1. The lowest BCUT2D eigenvalue weighted by atomic mass is 9.68. The molecule has 1 heterocycles. The zero-order valence-electron chi connectivity index (χ0n) is 13.9. The summed E-state index contributed by atoms with van der Waals surface area (Å²) >= 11 is 6.22. The number of halogens is 2. The van der Waals surface area contributed by atoms with Crippen molar-refractivity contribution in [2.24, 2.45) is 0 Å². The Kier molecular flexibility index (Phi) is 3.84. The first-order valence-corrected chi connectivity index (χ1v) is 8.54. The molecule has 2 aromatic carbocycles. The van der Waals surface area contributed by atoms with E-state index in [0.717, 1.165) is 5.56 Å². The van der Waals surface area contributed by atoms with Crippen LogP contribution in [0.5, 0.6) is 0 Å². The third kappa shape index (κ3) is 2.27. The van der Waals surface area contributed by atoms with Crippen molar-refractivity contribution in [2.45, 2.75) is 18.3 Å². The van der Waals surface area contributed by atoms with Crippen molar-refractivity contribution in [3.63, 3.8) is 0 Å². The van der Waals surface area contributed by atoms with E-state index < -0.39 is 11.4 Å². The highest BCUT2D eigenvalue weighted by molar-refractivity contribution is 6.30. The minimum atomic E-state index is -0.772. The van der Waals surface area contributed by atoms with Crippen LogP contribution in [0.2, 0.25) is 5.02 Å². The van der Waals surface area contributed by atoms with Gasteiger partial charge in [0.2, 0.25) is 0 Å². The van der Waals surface area contributed by atoms with E-state index in [-0.39, 0.29) is 11.7 Å². The molecular formula is C20H15ClFNO3. The number of rotatable bonds is 2. The summed E-state index contributed by atoms with van der Waals surface area (Å²) in [5.41, 5.74) is 2.15. The second-order valence-electron chi connectivity index (χ2n) is 6.40. The molecular weight excluding hydrogens is 357 g/mol. The molecule has 132 valence electrons. The Hall–Kier alpha value is -2.66. The molecule has 1 unspecified atom stereocenters. The summed E-state index contributed by atoms with van der Waals surface area (Å²) < 4.78 is 18.4. The molecule has 1 amide bonds. The van der Waals surface area contributed by atoms with Crippen LogP contribution in [0, 0.1) is 5.82 Å². The Morgan fingerprint density at radius 2 is 1.96 bits per heavy atom. The highest BCUT2D eigenvalue weighted by Crippen LogP contribution is 2.52. The maximum Gasteiger partial charge on any atom is 0.335 e. The molecule has 26 heavy (non-hydrogen) atoms. The van der Waals surface area contributed by atoms with E-state index in [1.807, 2.05) is 0 Å². The Morgan fingerprint density at radius 3 is 2.65 bits per heavy atom. The van der Waals surface area contributed by atoms with Gasteiger partial charge < -0.3 is 10.1 Å². The summed E-state index contributed by atoms with van der Waals surface area (Å²) in [6.07, 6.45) is 0.984. The van der Waals surface area contributed by atoms with Gasteiger partial charge in [0.05, 0.1) is 18.1 Å². The molecule has 2 aliphatic rings. The summed E-state index contributed by atoms with van der Waals surface area (Å²) in [5, 5.41) is 3.37. The molecule has 1 aliphatic heterocycles. The monoisotopic (exact) mass is 371 g/mol. The molecule has 1 N–H and O–H groups in total. The Bertz CT molecular complexity index is 968. The van der Waals surface area contributed by atoms with Crippen LogP contribution in [0.3, 0.4) is 0 Å². The van der Waals surface area contributed by atoms with E-state index in [1.165, 1.54) is 19.2 Å². The number of amides is 1. The molecule has 2 aromatic rings. The number of carbonyl (C=O) groups excluding carboxylic acids is 2. The fourth-order valence-corrected chi connectivity index (χ4v) is 4.20. The molecule has 0 spiro atoms. The van der Waals surface area contributed by atoms with Gasteiger partial charge >= 0.3 is 5.97 Å². The van der Waals surface area contributed by atoms with Crippen molar-refractivity contribution in [3.05, 3.63) is 81.3 Å². The summed E-state index contributed by atoms with van der Waals surface area (Å²) in [5.74, 6) is -1.13. The smallest absolute Gasteiger partial charge is 0.335 e. The van der Waals surface area contributed by atoms with Crippen molar-refractivity contribution in [1.29, 1.82) is 0 Å². The zero-order chi connectivity index (χ0) is 18.5. The highest BCUT2D eigenvalue weighted by atomic mass is 35.5. The lowest BCUT2D eigenvalue weighted by Gasteiger charge is -2.39. The van der Waals surface area contributed by atoms with Gasteiger partial charge in [-0.3, -0.25) is 4.79 Å². The van der Waals surface area contributed by atoms with Gasteiger partial charge in [-0.05, 0) is 54.3 Å². The van der Waals surface area contributed by atoms with Crippen molar-refractivity contribution in [2.75, 3.05) is 7.11 Å². The fraction of sp³-hybridized carbons (Fsp3) is 0.200. The minimum Gasteiger partial charge on any atom is -0.466 e. The first kappa shape index (κ1) is 16.8. The quantitative estimate of drug-likeness (QED) is 0.818. The van der Waals surface area contributed by atoms with Crippen molar-refractivity contribution < 1.29 is 18.7 Å². The van der Waals surface area contributed by atoms with E-state index in [1.54, 1.807) is 30.3 Å². The molecule has 4 nitrogen and oxygen atoms in total. The zero-order valence-corrected chi connectivity index (χ0v) is 14.7. The lowest BCUT2D eigenvalue weighted by molar-refractivity contribution is -0.136. The summed E-state index contributed by atoms with van der Waals surface area (Å²) in [7, 11) is 1.31. The predicted octanol–water partition coefficient (Wildman–Crippen LogP) is 3.73. The number of ether oxygens (including phenoxy) is 1.